The molecule has 1 radical (unpaired) electrons. The van der Waals surface area contributed by atoms with Gasteiger partial charge in [-0.1, -0.05) is 0 Å². The molecule has 2 fully saturated rings. The fourth-order valence-electron chi connectivity index (χ4n) is 5.69. The number of carbonyl (C=O) groups excluding carboxylic acids is 2. The normalized spacial score (nSPS) is 18.1. The van der Waals surface area contributed by atoms with Crippen molar-refractivity contribution in [3.8, 4) is 22.9 Å². The first-order chi connectivity index (χ1) is 18.0. The van der Waals surface area contributed by atoms with E-state index in [0.717, 1.165) is 16.5 Å². The number of hydrogen-bond acceptors (Lipinski definition) is 7. The van der Waals surface area contributed by atoms with Crippen LogP contribution in [0.1, 0.15) is 58.9 Å². The molecule has 4 heterocycles. The Balaban J connectivity index is 0.00000264. The monoisotopic (exact) mass is 521 g/mol. The molecule has 1 N–H and O–H groups in total. The standard InChI is InChI=1S/C27H26N6O4.Na/c1-36-24-14-17(13-21-19(24)6-9-33(21)18-3-4-18)26(35)32-10-7-27(8-11-32)15-22(34)20-12-16(2-5-23(20)37-27)25-28-30-31-29-25;/h2,5-6,9,12-14,18H,3-4,7-8,10-11,15H2,1H3,(H,28,29,30,31);. The maximum Gasteiger partial charge on any atom is 0.254 e. The maximum atomic E-state index is 13.5. The fraction of sp³-hybridized carbons (Fsp3) is 0.370. The second-order valence-corrected chi connectivity index (χ2v) is 10.2. The van der Waals surface area contributed by atoms with E-state index in [0.29, 0.717) is 60.4 Å². The van der Waals surface area contributed by atoms with Crippen LogP contribution in [0.5, 0.6) is 11.5 Å². The number of benzene rings is 2. The van der Waals surface area contributed by atoms with Gasteiger partial charge in [0.25, 0.3) is 5.91 Å². The van der Waals surface area contributed by atoms with Crippen LogP contribution in [0.3, 0.4) is 0 Å². The topological polar surface area (TPSA) is 115 Å². The molecule has 1 saturated carbocycles. The molecule has 1 spiro atoms. The van der Waals surface area contributed by atoms with Gasteiger partial charge in [-0.25, -0.2) is 5.10 Å². The van der Waals surface area contributed by atoms with Crippen molar-refractivity contribution in [3.05, 3.63) is 53.7 Å². The van der Waals surface area contributed by atoms with Crippen LogP contribution in [-0.4, -0.2) is 97.1 Å². The third kappa shape index (κ3) is 4.20. The van der Waals surface area contributed by atoms with E-state index in [-0.39, 0.29) is 47.7 Å². The van der Waals surface area contributed by atoms with E-state index in [9.17, 15) is 9.59 Å². The average molecular weight is 522 g/mol. The zero-order chi connectivity index (χ0) is 25.1. The van der Waals surface area contributed by atoms with Crippen LogP contribution >= 0.6 is 0 Å². The minimum Gasteiger partial charge on any atom is -0.496 e. The third-order valence-electron chi connectivity index (χ3n) is 7.88. The number of aromatic nitrogens is 5. The average Bonchev–Trinajstić information content (AvgIpc) is 3.43. The summed E-state index contributed by atoms with van der Waals surface area (Å²) < 4.78 is 14.3. The van der Waals surface area contributed by atoms with Gasteiger partial charge < -0.3 is 18.9 Å². The number of hydrogen-bond donors (Lipinski definition) is 1. The molecule has 3 aliphatic rings. The number of carbonyl (C=O) groups is 2. The predicted octanol–water partition coefficient (Wildman–Crippen LogP) is 3.42. The number of aromatic amines is 1. The summed E-state index contributed by atoms with van der Waals surface area (Å²) in [5, 5.41) is 14.9. The Morgan fingerprint density at radius 3 is 2.68 bits per heavy atom. The van der Waals surface area contributed by atoms with Gasteiger partial charge in [-0.05, 0) is 59.7 Å². The molecule has 0 unspecified atom stereocenters. The number of amides is 1. The molecule has 2 aromatic carbocycles. The molecule has 0 atom stereocenters. The van der Waals surface area contributed by atoms with Crippen molar-refractivity contribution in [1.82, 2.24) is 30.1 Å². The van der Waals surface area contributed by atoms with Gasteiger partial charge in [0, 0.05) is 84.2 Å². The Morgan fingerprint density at radius 2 is 1.97 bits per heavy atom. The van der Waals surface area contributed by atoms with Crippen molar-refractivity contribution < 1.29 is 19.1 Å². The van der Waals surface area contributed by atoms with Gasteiger partial charge in [0.05, 0.1) is 24.6 Å². The maximum absolute atomic E-state index is 13.5. The van der Waals surface area contributed by atoms with Gasteiger partial charge in [-0.15, -0.1) is 5.10 Å². The molecule has 1 saturated heterocycles. The van der Waals surface area contributed by atoms with Gasteiger partial charge >= 0.3 is 0 Å². The molecule has 38 heavy (non-hydrogen) atoms. The van der Waals surface area contributed by atoms with Crippen molar-refractivity contribution in [2.24, 2.45) is 0 Å². The summed E-state index contributed by atoms with van der Waals surface area (Å²) in [7, 11) is 1.64. The molecule has 189 valence electrons. The van der Waals surface area contributed by atoms with E-state index in [2.05, 4.69) is 37.5 Å². The number of Topliss-reactive ketones (excluding diaryl/α,β-unsaturated/α-hetero) is 1. The predicted molar refractivity (Wildman–Crippen MR) is 140 cm³/mol. The van der Waals surface area contributed by atoms with Gasteiger partial charge in [0.2, 0.25) is 0 Å². The van der Waals surface area contributed by atoms with Crippen LogP contribution in [0, 0.1) is 0 Å². The quantitative estimate of drug-likeness (QED) is 0.409. The Kier molecular flexibility index (Phi) is 6.28. The molecular formula is C27H26N6NaO4. The summed E-state index contributed by atoms with van der Waals surface area (Å²) in [6.07, 6.45) is 5.89. The second kappa shape index (κ2) is 9.52. The van der Waals surface area contributed by atoms with E-state index in [4.69, 9.17) is 9.47 Å². The first-order valence-corrected chi connectivity index (χ1v) is 12.6. The minimum atomic E-state index is -0.599. The number of H-pyrrole nitrogens is 1. The second-order valence-electron chi connectivity index (χ2n) is 10.2. The van der Waals surface area contributed by atoms with Gasteiger partial charge in [-0.3, -0.25) is 9.59 Å². The van der Waals surface area contributed by atoms with E-state index in [1.807, 2.05) is 23.1 Å². The molecule has 4 aromatic rings. The van der Waals surface area contributed by atoms with Crippen LogP contribution in [0.25, 0.3) is 22.3 Å². The largest absolute Gasteiger partial charge is 0.496 e. The van der Waals surface area contributed by atoms with E-state index in [1.165, 1.54) is 12.8 Å². The summed E-state index contributed by atoms with van der Waals surface area (Å²) >= 11 is 0. The molecule has 2 aliphatic heterocycles. The number of methoxy groups -OCH3 is 1. The summed E-state index contributed by atoms with van der Waals surface area (Å²) in [5.74, 6) is 1.80. The summed E-state index contributed by atoms with van der Waals surface area (Å²) in [6.45, 7) is 1.04. The first kappa shape index (κ1) is 25.1. The van der Waals surface area contributed by atoms with Crippen LogP contribution in [-0.2, 0) is 0 Å². The number of ether oxygens (including phenoxy) is 2. The molecule has 7 rings (SSSR count). The summed E-state index contributed by atoms with van der Waals surface area (Å²) in [5.41, 5.74) is 2.34. The van der Waals surface area contributed by atoms with E-state index >= 15 is 0 Å². The van der Waals surface area contributed by atoms with E-state index in [1.54, 1.807) is 19.2 Å². The van der Waals surface area contributed by atoms with Crippen molar-refractivity contribution in [3.63, 3.8) is 0 Å². The number of nitrogens with one attached hydrogen (secondary N) is 1. The number of tetrazole rings is 1. The number of fused-ring (bicyclic) bond motifs is 2. The molecule has 0 bridgehead atoms. The molecule has 10 nitrogen and oxygen atoms in total. The van der Waals surface area contributed by atoms with Gasteiger partial charge in [-0.2, -0.15) is 0 Å². The fourth-order valence-corrected chi connectivity index (χ4v) is 5.69. The zero-order valence-electron chi connectivity index (χ0n) is 21.4. The van der Waals surface area contributed by atoms with Crippen molar-refractivity contribution in [1.29, 1.82) is 0 Å². The van der Waals surface area contributed by atoms with E-state index < -0.39 is 5.60 Å². The summed E-state index contributed by atoms with van der Waals surface area (Å²) in [4.78, 5) is 28.5. The molecule has 1 aliphatic carbocycles. The SMILES string of the molecule is COc1cc(C(=O)N2CCC3(CC2)CC(=O)c2cc(-c4nnn[nH]4)ccc2O3)cc2c1ccn2C1CC1.[Na]. The smallest absolute Gasteiger partial charge is 0.254 e. The Bertz CT molecular complexity index is 1540. The van der Waals surface area contributed by atoms with Crippen molar-refractivity contribution in [2.45, 2.75) is 43.7 Å². The minimum absolute atomic E-state index is 0. The van der Waals surface area contributed by atoms with Crippen LogP contribution < -0.4 is 9.47 Å². The van der Waals surface area contributed by atoms with Crippen molar-refractivity contribution >= 4 is 52.2 Å². The van der Waals surface area contributed by atoms with Crippen molar-refractivity contribution in [2.75, 3.05) is 20.2 Å². The molecule has 11 heteroatoms. The molecular weight excluding hydrogens is 495 g/mol. The Hall–Kier alpha value is -3.21. The van der Waals surface area contributed by atoms with Crippen LogP contribution in [0.2, 0.25) is 0 Å². The molecule has 2 aromatic heterocycles. The Labute approximate surface area is 241 Å². The number of ketones is 1. The third-order valence-corrected chi connectivity index (χ3v) is 7.88. The number of likely N-dealkylation sites (tertiary alicyclic amines) is 1. The molecule has 1 amide bonds. The Morgan fingerprint density at radius 1 is 1.16 bits per heavy atom. The number of nitrogens with zero attached hydrogens (tertiary/aromatic N) is 5. The van der Waals surface area contributed by atoms with Crippen LogP contribution in [0.4, 0.5) is 0 Å². The van der Waals surface area contributed by atoms with Gasteiger partial charge in [0.1, 0.15) is 17.1 Å². The summed E-state index contributed by atoms with van der Waals surface area (Å²) in [6, 6.07) is 11.8. The zero-order valence-corrected chi connectivity index (χ0v) is 23.4. The number of rotatable bonds is 4. The van der Waals surface area contributed by atoms with Gasteiger partial charge in [0.15, 0.2) is 11.6 Å². The first-order valence-electron chi connectivity index (χ1n) is 12.6. The van der Waals surface area contributed by atoms with Crippen LogP contribution in [0.15, 0.2) is 42.6 Å². The number of piperidine rings is 1.